The zero-order valence-electron chi connectivity index (χ0n) is 14.6. The molecule has 0 aromatic heterocycles. The van der Waals surface area contributed by atoms with Crippen LogP contribution in [0.4, 0.5) is 0 Å². The molecule has 2 N–H and O–H groups in total. The molecule has 2 aromatic rings. The average Bonchev–Trinajstić information content (AvgIpc) is 2.59. The molecule has 2 aromatic carbocycles. The molecule has 0 unspecified atom stereocenters. The summed E-state index contributed by atoms with van der Waals surface area (Å²) in [5, 5.41) is 7.49. The largest absolute Gasteiger partial charge is 0.497 e. The molecule has 138 valence electrons. The van der Waals surface area contributed by atoms with Crippen molar-refractivity contribution in [3.63, 3.8) is 0 Å². The molecule has 0 aliphatic heterocycles. The fourth-order valence-corrected chi connectivity index (χ4v) is 3.59. The first-order valence-corrected chi connectivity index (χ1v) is 9.42. The Morgan fingerprint density at radius 1 is 1.08 bits per heavy atom. The number of rotatable bonds is 7. The van der Waals surface area contributed by atoms with E-state index in [-0.39, 0.29) is 11.9 Å². The Labute approximate surface area is 163 Å². The van der Waals surface area contributed by atoms with Crippen LogP contribution in [0.15, 0.2) is 42.5 Å². The Morgan fingerprint density at radius 2 is 1.73 bits per heavy atom. The average molecular weight is 393 g/mol. The van der Waals surface area contributed by atoms with Crippen molar-refractivity contribution in [1.82, 2.24) is 10.6 Å². The van der Waals surface area contributed by atoms with Crippen LogP contribution in [0, 0.1) is 0 Å². The van der Waals surface area contributed by atoms with E-state index in [1.54, 1.807) is 25.3 Å². The van der Waals surface area contributed by atoms with Crippen molar-refractivity contribution in [3.05, 3.63) is 63.6 Å². The molecule has 4 nitrogen and oxygen atoms in total. The fourth-order valence-electron chi connectivity index (χ4n) is 3.07. The summed E-state index contributed by atoms with van der Waals surface area (Å²) >= 11 is 11.9. The summed E-state index contributed by atoms with van der Waals surface area (Å²) in [6, 6.07) is 13.6. The molecule has 1 amide bonds. The molecule has 0 saturated heterocycles. The van der Waals surface area contributed by atoms with Gasteiger partial charge in [-0.05, 0) is 61.7 Å². The van der Waals surface area contributed by atoms with Crippen molar-refractivity contribution in [1.29, 1.82) is 0 Å². The Bertz CT molecular complexity index is 739. The van der Waals surface area contributed by atoms with Crippen molar-refractivity contribution in [2.75, 3.05) is 13.7 Å². The quantitative estimate of drug-likeness (QED) is 0.745. The second kappa shape index (κ2) is 8.76. The van der Waals surface area contributed by atoms with Gasteiger partial charge in [0.2, 0.25) is 0 Å². The zero-order valence-corrected chi connectivity index (χ0v) is 16.1. The number of hydrogen-bond donors (Lipinski definition) is 2. The van der Waals surface area contributed by atoms with Crippen molar-refractivity contribution in [3.8, 4) is 5.75 Å². The summed E-state index contributed by atoms with van der Waals surface area (Å²) in [5.74, 6) is 0.747. The minimum absolute atomic E-state index is 0.129. The van der Waals surface area contributed by atoms with Crippen molar-refractivity contribution in [2.45, 2.75) is 31.3 Å². The number of amides is 1. The Hall–Kier alpha value is -1.75. The van der Waals surface area contributed by atoms with Gasteiger partial charge in [-0.25, -0.2) is 0 Å². The van der Waals surface area contributed by atoms with Gasteiger partial charge in [-0.15, -0.1) is 0 Å². The maximum atomic E-state index is 12.3. The summed E-state index contributed by atoms with van der Waals surface area (Å²) in [6.45, 7) is 0.918. The molecular formula is C20H22Cl2N2O2. The van der Waals surface area contributed by atoms with Gasteiger partial charge < -0.3 is 15.4 Å². The van der Waals surface area contributed by atoms with Crippen LogP contribution in [-0.4, -0.2) is 31.6 Å². The highest BCUT2D eigenvalue weighted by molar-refractivity contribution is 6.35. The monoisotopic (exact) mass is 392 g/mol. The second-order valence-electron chi connectivity index (χ2n) is 6.55. The predicted octanol–water partition coefficient (Wildman–Crippen LogP) is 4.10. The number of carbonyl (C=O) groups excluding carboxylic acids is 1. The lowest BCUT2D eigenvalue weighted by Gasteiger charge is -2.36. The highest BCUT2D eigenvalue weighted by Crippen LogP contribution is 2.22. The van der Waals surface area contributed by atoms with E-state index in [2.05, 4.69) is 22.8 Å². The number of benzene rings is 2. The highest BCUT2D eigenvalue weighted by Gasteiger charge is 2.30. The smallest absolute Gasteiger partial charge is 0.251 e. The SMILES string of the molecule is COc1ccc(CCNC2CC(NC(=O)c3cc(Cl)cc(Cl)c3)C2)cc1. The van der Waals surface area contributed by atoms with Gasteiger partial charge in [0.1, 0.15) is 5.75 Å². The fraction of sp³-hybridized carbons (Fsp3) is 0.350. The molecule has 1 aliphatic carbocycles. The lowest BCUT2D eigenvalue weighted by molar-refractivity contribution is 0.0902. The first kappa shape index (κ1) is 19.0. The lowest BCUT2D eigenvalue weighted by Crippen LogP contribution is -2.52. The van der Waals surface area contributed by atoms with Crippen LogP contribution in [0.1, 0.15) is 28.8 Å². The van der Waals surface area contributed by atoms with E-state index in [0.717, 1.165) is 31.6 Å². The third-order valence-electron chi connectivity index (χ3n) is 4.60. The van der Waals surface area contributed by atoms with Gasteiger partial charge in [0, 0.05) is 27.7 Å². The summed E-state index contributed by atoms with van der Waals surface area (Å²) in [5.41, 5.74) is 1.78. The molecule has 0 bridgehead atoms. The first-order valence-electron chi connectivity index (χ1n) is 8.67. The van der Waals surface area contributed by atoms with Gasteiger partial charge in [-0.3, -0.25) is 4.79 Å². The third-order valence-corrected chi connectivity index (χ3v) is 5.04. The van der Waals surface area contributed by atoms with Crippen LogP contribution in [0.25, 0.3) is 0 Å². The highest BCUT2D eigenvalue weighted by atomic mass is 35.5. The molecule has 0 spiro atoms. The minimum Gasteiger partial charge on any atom is -0.497 e. The number of hydrogen-bond acceptors (Lipinski definition) is 3. The minimum atomic E-state index is -0.129. The van der Waals surface area contributed by atoms with E-state index < -0.39 is 0 Å². The normalized spacial score (nSPS) is 18.9. The van der Waals surface area contributed by atoms with E-state index in [1.807, 2.05) is 12.1 Å². The molecule has 0 radical (unpaired) electrons. The van der Waals surface area contributed by atoms with Gasteiger partial charge in [0.25, 0.3) is 5.91 Å². The zero-order chi connectivity index (χ0) is 18.5. The standard InChI is InChI=1S/C20H22Cl2N2O2/c1-26-19-4-2-13(3-5-19)6-7-23-17-11-18(12-17)24-20(25)14-8-15(21)10-16(22)9-14/h2-5,8-10,17-18,23H,6-7,11-12H2,1H3,(H,24,25). The van der Waals surface area contributed by atoms with E-state index >= 15 is 0 Å². The van der Waals surface area contributed by atoms with Gasteiger partial charge in [0.05, 0.1) is 7.11 Å². The molecule has 1 saturated carbocycles. The number of halogens is 2. The van der Waals surface area contributed by atoms with Crippen LogP contribution >= 0.6 is 23.2 Å². The van der Waals surface area contributed by atoms with Gasteiger partial charge in [-0.2, -0.15) is 0 Å². The molecule has 26 heavy (non-hydrogen) atoms. The Morgan fingerprint density at radius 3 is 2.35 bits per heavy atom. The number of methoxy groups -OCH3 is 1. The number of nitrogens with one attached hydrogen (secondary N) is 2. The molecule has 6 heteroatoms. The molecule has 0 atom stereocenters. The van der Waals surface area contributed by atoms with Gasteiger partial charge >= 0.3 is 0 Å². The Balaban J connectivity index is 1.36. The molecule has 0 heterocycles. The predicted molar refractivity (Wildman–Crippen MR) is 105 cm³/mol. The summed E-state index contributed by atoms with van der Waals surface area (Å²) in [4.78, 5) is 12.3. The van der Waals surface area contributed by atoms with Gasteiger partial charge in [0.15, 0.2) is 0 Å². The van der Waals surface area contributed by atoms with Crippen molar-refractivity contribution < 1.29 is 9.53 Å². The van der Waals surface area contributed by atoms with Crippen molar-refractivity contribution in [2.24, 2.45) is 0 Å². The van der Waals surface area contributed by atoms with Crippen molar-refractivity contribution >= 4 is 29.1 Å². The molecule has 1 aliphatic rings. The Kier molecular flexibility index (Phi) is 6.41. The van der Waals surface area contributed by atoms with Crippen LogP contribution in [-0.2, 0) is 6.42 Å². The first-order chi connectivity index (χ1) is 12.5. The maximum absolute atomic E-state index is 12.3. The lowest BCUT2D eigenvalue weighted by atomic mass is 9.86. The molecule has 3 rings (SSSR count). The van der Waals surface area contributed by atoms with Crippen LogP contribution in [0.3, 0.4) is 0 Å². The topological polar surface area (TPSA) is 50.4 Å². The van der Waals surface area contributed by atoms with Crippen LogP contribution < -0.4 is 15.4 Å². The summed E-state index contributed by atoms with van der Waals surface area (Å²) < 4.78 is 5.16. The van der Waals surface area contributed by atoms with E-state index in [0.29, 0.717) is 21.7 Å². The van der Waals surface area contributed by atoms with Crippen LogP contribution in [0.5, 0.6) is 5.75 Å². The maximum Gasteiger partial charge on any atom is 0.251 e. The van der Waals surface area contributed by atoms with E-state index in [4.69, 9.17) is 27.9 Å². The summed E-state index contributed by atoms with van der Waals surface area (Å²) in [7, 11) is 1.67. The van der Waals surface area contributed by atoms with E-state index in [9.17, 15) is 4.79 Å². The number of carbonyl (C=O) groups is 1. The summed E-state index contributed by atoms with van der Waals surface area (Å²) in [6.07, 6.45) is 2.84. The molecule has 1 fully saturated rings. The molecular weight excluding hydrogens is 371 g/mol. The second-order valence-corrected chi connectivity index (χ2v) is 7.42. The van der Waals surface area contributed by atoms with Gasteiger partial charge in [-0.1, -0.05) is 35.3 Å². The third kappa shape index (κ3) is 5.13. The van der Waals surface area contributed by atoms with Crippen LogP contribution in [0.2, 0.25) is 10.0 Å². The number of ether oxygens (including phenoxy) is 1. The van der Waals surface area contributed by atoms with E-state index in [1.165, 1.54) is 5.56 Å².